The Morgan fingerprint density at radius 1 is 1.11 bits per heavy atom. The van der Waals surface area contributed by atoms with Crippen LogP contribution in [0.15, 0.2) is 47.1 Å². The second-order valence-electron chi connectivity index (χ2n) is 6.77. The molecule has 4 rings (SSSR count). The van der Waals surface area contributed by atoms with Crippen LogP contribution < -0.4 is 5.32 Å². The van der Waals surface area contributed by atoms with Crippen LogP contribution in [0, 0.1) is 12.8 Å². The fraction of sp³-hybridized carbons (Fsp3) is 0.400. The summed E-state index contributed by atoms with van der Waals surface area (Å²) in [6, 6.07) is 12.0. The Labute approximate surface area is 158 Å². The third kappa shape index (κ3) is 4.49. The molecule has 7 nitrogen and oxygen atoms in total. The van der Waals surface area contributed by atoms with Crippen LogP contribution >= 0.6 is 0 Å². The zero-order valence-corrected chi connectivity index (χ0v) is 15.3. The van der Waals surface area contributed by atoms with Crippen LogP contribution in [0.3, 0.4) is 0 Å². The summed E-state index contributed by atoms with van der Waals surface area (Å²) < 4.78 is 11.0. The van der Waals surface area contributed by atoms with E-state index in [0.717, 1.165) is 37.7 Å². The zero-order valence-electron chi connectivity index (χ0n) is 15.3. The fourth-order valence-electron chi connectivity index (χ4n) is 3.37. The maximum Gasteiger partial charge on any atom is 0.249 e. The molecule has 27 heavy (non-hydrogen) atoms. The van der Waals surface area contributed by atoms with Gasteiger partial charge in [0.1, 0.15) is 17.7 Å². The topological polar surface area (TPSA) is 86.0 Å². The summed E-state index contributed by atoms with van der Waals surface area (Å²) in [5.74, 6) is 3.13. The van der Waals surface area contributed by atoms with Crippen LogP contribution in [0.2, 0.25) is 0 Å². The van der Waals surface area contributed by atoms with E-state index >= 15 is 0 Å². The minimum Gasteiger partial charge on any atom is -0.381 e. The molecule has 1 aliphatic rings. The monoisotopic (exact) mass is 365 g/mol. The van der Waals surface area contributed by atoms with E-state index < -0.39 is 0 Å². The standard InChI is InChI=1S/C20H23N5O2/c1-14-22-20(27-25-14)19(16-8-11-26-12-9-16)24-17-7-10-21-18(23-17)13-15-5-3-2-4-6-15/h2-7,10,16,19H,8-9,11-13H2,1H3,(H,21,23,24)/t19-/m1/s1. The van der Waals surface area contributed by atoms with Crippen molar-refractivity contribution in [2.45, 2.75) is 32.2 Å². The lowest BCUT2D eigenvalue weighted by molar-refractivity contribution is 0.0570. The number of benzene rings is 1. The molecule has 1 saturated heterocycles. The van der Waals surface area contributed by atoms with Crippen molar-refractivity contribution in [3.8, 4) is 0 Å². The molecule has 7 heteroatoms. The maximum absolute atomic E-state index is 5.51. The summed E-state index contributed by atoms with van der Waals surface area (Å²) in [5.41, 5.74) is 1.18. The fourth-order valence-corrected chi connectivity index (χ4v) is 3.37. The molecule has 0 bridgehead atoms. The van der Waals surface area contributed by atoms with Crippen molar-refractivity contribution in [1.29, 1.82) is 0 Å². The van der Waals surface area contributed by atoms with Gasteiger partial charge in [-0.1, -0.05) is 35.5 Å². The molecule has 0 amide bonds. The number of hydrogen-bond donors (Lipinski definition) is 1. The number of ether oxygens (including phenoxy) is 1. The Morgan fingerprint density at radius 3 is 2.67 bits per heavy atom. The molecule has 0 aliphatic carbocycles. The third-order valence-electron chi connectivity index (χ3n) is 4.76. The summed E-state index contributed by atoms with van der Waals surface area (Å²) in [5, 5.41) is 7.46. The number of aryl methyl sites for hydroxylation is 1. The zero-order chi connectivity index (χ0) is 18.5. The predicted octanol–water partition coefficient (Wildman–Crippen LogP) is 3.34. The normalized spacial score (nSPS) is 16.2. The van der Waals surface area contributed by atoms with Crippen LogP contribution in [0.4, 0.5) is 5.82 Å². The van der Waals surface area contributed by atoms with Gasteiger partial charge in [-0.05, 0) is 37.3 Å². The molecule has 140 valence electrons. The van der Waals surface area contributed by atoms with Gasteiger partial charge in [-0.25, -0.2) is 9.97 Å². The molecule has 1 fully saturated rings. The Morgan fingerprint density at radius 2 is 1.93 bits per heavy atom. The van der Waals surface area contributed by atoms with Crippen molar-refractivity contribution >= 4 is 5.82 Å². The van der Waals surface area contributed by atoms with Crippen molar-refractivity contribution in [2.75, 3.05) is 18.5 Å². The van der Waals surface area contributed by atoms with Gasteiger partial charge < -0.3 is 14.6 Å². The maximum atomic E-state index is 5.51. The molecule has 2 aromatic heterocycles. The Kier molecular flexibility index (Phi) is 5.39. The molecule has 1 aliphatic heterocycles. The van der Waals surface area contributed by atoms with E-state index in [2.05, 4.69) is 32.6 Å². The van der Waals surface area contributed by atoms with Crippen LogP contribution in [0.25, 0.3) is 0 Å². The van der Waals surface area contributed by atoms with Gasteiger partial charge in [-0.2, -0.15) is 4.98 Å². The average Bonchev–Trinajstić information content (AvgIpc) is 3.14. The summed E-state index contributed by atoms with van der Waals surface area (Å²) in [6.45, 7) is 3.33. The van der Waals surface area contributed by atoms with Crippen LogP contribution in [0.5, 0.6) is 0 Å². The summed E-state index contributed by atoms with van der Waals surface area (Å²) >= 11 is 0. The van der Waals surface area contributed by atoms with E-state index in [-0.39, 0.29) is 6.04 Å². The van der Waals surface area contributed by atoms with Gasteiger partial charge in [-0.15, -0.1) is 0 Å². The van der Waals surface area contributed by atoms with Gasteiger partial charge in [0.05, 0.1) is 0 Å². The lowest BCUT2D eigenvalue weighted by atomic mass is 9.91. The van der Waals surface area contributed by atoms with Crippen molar-refractivity contribution < 1.29 is 9.26 Å². The number of hydrogen-bond acceptors (Lipinski definition) is 7. The molecule has 0 saturated carbocycles. The highest BCUT2D eigenvalue weighted by Gasteiger charge is 2.30. The first-order valence-corrected chi connectivity index (χ1v) is 9.28. The molecule has 0 spiro atoms. The molecular formula is C20H23N5O2. The SMILES string of the molecule is Cc1noc([C@H](Nc2ccnc(Cc3ccccc3)n2)C2CCOCC2)n1. The first-order valence-electron chi connectivity index (χ1n) is 9.28. The van der Waals surface area contributed by atoms with Gasteiger partial charge >= 0.3 is 0 Å². The second kappa shape index (κ2) is 8.26. The molecular weight excluding hydrogens is 342 g/mol. The van der Waals surface area contributed by atoms with Gasteiger partial charge in [-0.3, -0.25) is 0 Å². The summed E-state index contributed by atoms with van der Waals surface area (Å²) in [7, 11) is 0. The van der Waals surface area contributed by atoms with E-state index in [9.17, 15) is 0 Å². The molecule has 0 radical (unpaired) electrons. The van der Waals surface area contributed by atoms with Crippen molar-refractivity contribution in [2.24, 2.45) is 5.92 Å². The Bertz CT molecular complexity index is 862. The minimum absolute atomic E-state index is 0.0884. The van der Waals surface area contributed by atoms with Gasteiger partial charge in [0.2, 0.25) is 5.89 Å². The molecule has 3 aromatic rings. The van der Waals surface area contributed by atoms with Crippen molar-refractivity contribution in [3.05, 3.63) is 65.7 Å². The minimum atomic E-state index is -0.0884. The Hall–Kier alpha value is -2.80. The van der Waals surface area contributed by atoms with Crippen molar-refractivity contribution in [3.63, 3.8) is 0 Å². The molecule has 3 heterocycles. The van der Waals surface area contributed by atoms with Crippen LogP contribution in [-0.4, -0.2) is 33.3 Å². The first kappa shape index (κ1) is 17.6. The summed E-state index contributed by atoms with van der Waals surface area (Å²) in [4.78, 5) is 13.5. The highest BCUT2D eigenvalue weighted by Crippen LogP contribution is 2.32. The largest absolute Gasteiger partial charge is 0.381 e. The number of nitrogens with one attached hydrogen (secondary N) is 1. The molecule has 1 N–H and O–H groups in total. The average molecular weight is 365 g/mol. The number of aromatic nitrogens is 4. The highest BCUT2D eigenvalue weighted by molar-refractivity contribution is 5.36. The Balaban J connectivity index is 1.54. The van der Waals surface area contributed by atoms with Crippen LogP contribution in [-0.2, 0) is 11.2 Å². The number of rotatable bonds is 6. The van der Waals surface area contributed by atoms with E-state index in [1.54, 1.807) is 6.20 Å². The predicted molar refractivity (Wildman–Crippen MR) is 100 cm³/mol. The molecule has 0 unspecified atom stereocenters. The highest BCUT2D eigenvalue weighted by atomic mass is 16.5. The lowest BCUT2D eigenvalue weighted by Gasteiger charge is -2.28. The van der Waals surface area contributed by atoms with Crippen molar-refractivity contribution in [1.82, 2.24) is 20.1 Å². The quantitative estimate of drug-likeness (QED) is 0.717. The number of anilines is 1. The third-order valence-corrected chi connectivity index (χ3v) is 4.76. The van der Waals surface area contributed by atoms with E-state index in [1.165, 1.54) is 5.56 Å². The second-order valence-corrected chi connectivity index (χ2v) is 6.77. The molecule has 1 aromatic carbocycles. The van der Waals surface area contributed by atoms with Gasteiger partial charge in [0, 0.05) is 25.8 Å². The molecule has 1 atom stereocenters. The number of nitrogens with zero attached hydrogens (tertiary/aromatic N) is 4. The van der Waals surface area contributed by atoms with E-state index in [4.69, 9.17) is 14.2 Å². The van der Waals surface area contributed by atoms with Gasteiger partial charge in [0.25, 0.3) is 0 Å². The van der Waals surface area contributed by atoms with E-state index in [0.29, 0.717) is 24.1 Å². The first-order chi connectivity index (χ1) is 13.3. The lowest BCUT2D eigenvalue weighted by Crippen LogP contribution is -2.27. The van der Waals surface area contributed by atoms with E-state index in [1.807, 2.05) is 31.2 Å². The smallest absolute Gasteiger partial charge is 0.249 e. The van der Waals surface area contributed by atoms with Crippen LogP contribution in [0.1, 0.15) is 42.0 Å². The van der Waals surface area contributed by atoms with Gasteiger partial charge in [0.15, 0.2) is 5.82 Å². The summed E-state index contributed by atoms with van der Waals surface area (Å²) in [6.07, 6.45) is 4.37.